The molecule has 1 amide bonds. The second-order valence-electron chi connectivity index (χ2n) is 11.9. The number of nitrogens with one attached hydrogen (secondary N) is 1. The van der Waals surface area contributed by atoms with Gasteiger partial charge in [-0.25, -0.2) is 19.7 Å². The monoisotopic (exact) mass is 590 g/mol. The van der Waals surface area contributed by atoms with Crippen LogP contribution in [0.15, 0.2) is 34.6 Å². The summed E-state index contributed by atoms with van der Waals surface area (Å²) in [6.45, 7) is 11.5. The number of alkyl carbamates (subject to hydrolysis) is 1. The summed E-state index contributed by atoms with van der Waals surface area (Å²) < 4.78 is 5.37. The molecule has 0 aromatic carbocycles. The van der Waals surface area contributed by atoms with E-state index in [0.717, 1.165) is 73.4 Å². The van der Waals surface area contributed by atoms with Gasteiger partial charge in [0.15, 0.2) is 0 Å². The molecule has 40 heavy (non-hydrogen) atoms. The summed E-state index contributed by atoms with van der Waals surface area (Å²) in [7, 11) is 0. The van der Waals surface area contributed by atoms with E-state index in [-0.39, 0.29) is 23.8 Å². The quantitative estimate of drug-likeness (QED) is 0.408. The summed E-state index contributed by atoms with van der Waals surface area (Å²) in [6.07, 6.45) is 8.61. The molecule has 0 radical (unpaired) electrons. The number of amides is 1. The fourth-order valence-electron chi connectivity index (χ4n) is 5.00. The number of rotatable bonds is 8. The van der Waals surface area contributed by atoms with Crippen molar-refractivity contribution in [2.75, 3.05) is 42.5 Å². The third-order valence-electron chi connectivity index (χ3n) is 7.39. The minimum Gasteiger partial charge on any atom is -0.481 e. The maximum atomic E-state index is 12.1. The first-order chi connectivity index (χ1) is 18.9. The maximum Gasteiger partial charge on any atom is 0.407 e. The summed E-state index contributed by atoms with van der Waals surface area (Å²) in [4.78, 5) is 42.1. The lowest BCUT2D eigenvalue weighted by Gasteiger charge is -2.40. The third kappa shape index (κ3) is 8.36. The number of carboxylic acids is 1. The number of aromatic nitrogens is 3. The summed E-state index contributed by atoms with van der Waals surface area (Å²) in [5, 5.41) is 13.3. The molecule has 4 heterocycles. The molecule has 2 N–H and O–H groups in total. The largest absolute Gasteiger partial charge is 0.481 e. The van der Waals surface area contributed by atoms with Crippen LogP contribution in [-0.4, -0.2) is 70.4 Å². The highest BCUT2D eigenvalue weighted by Crippen LogP contribution is 2.38. The van der Waals surface area contributed by atoms with Crippen molar-refractivity contribution in [3.63, 3.8) is 0 Å². The van der Waals surface area contributed by atoms with E-state index in [1.165, 1.54) is 11.8 Å². The van der Waals surface area contributed by atoms with E-state index >= 15 is 0 Å². The number of hydrogen-bond donors (Lipinski definition) is 2. The van der Waals surface area contributed by atoms with E-state index in [1.807, 2.05) is 26.8 Å². The number of nitrogens with zero attached hydrogens (tertiary/aromatic N) is 5. The smallest absolute Gasteiger partial charge is 0.407 e. The van der Waals surface area contributed by atoms with Gasteiger partial charge < -0.3 is 25.0 Å². The molecular weight excluding hydrogens is 552 g/mol. The predicted octanol–water partition coefficient (Wildman–Crippen LogP) is 5.50. The molecule has 0 unspecified atom stereocenters. The predicted molar refractivity (Wildman–Crippen MR) is 156 cm³/mol. The van der Waals surface area contributed by atoms with Gasteiger partial charge in [0.25, 0.3) is 0 Å². The van der Waals surface area contributed by atoms with Crippen LogP contribution in [0, 0.1) is 11.3 Å². The van der Waals surface area contributed by atoms with Gasteiger partial charge in [0.05, 0.1) is 17.4 Å². The minimum atomic E-state index is -0.744. The van der Waals surface area contributed by atoms with Gasteiger partial charge in [-0.2, -0.15) is 0 Å². The first kappa shape index (κ1) is 30.2. The number of carboxylic acid groups (broad SMARTS) is 1. The highest BCUT2D eigenvalue weighted by Gasteiger charge is 2.32. The SMILES string of the molecule is CC1(CNC(=O)OC(C)(C)C)CCN(c2cnc(Sc3ccnc(N4CCC(CC(=O)O)CC4)c3Cl)cn2)CC1. The second kappa shape index (κ2) is 12.8. The molecule has 2 fully saturated rings. The third-order valence-corrected chi connectivity index (χ3v) is 8.86. The minimum absolute atomic E-state index is 0.00203. The van der Waals surface area contributed by atoms with Crippen molar-refractivity contribution >= 4 is 47.1 Å². The molecule has 2 saturated heterocycles. The van der Waals surface area contributed by atoms with E-state index in [4.69, 9.17) is 21.4 Å². The summed E-state index contributed by atoms with van der Waals surface area (Å²) in [5.41, 5.74) is -0.511. The zero-order valence-corrected chi connectivity index (χ0v) is 25.2. The van der Waals surface area contributed by atoms with Crippen molar-refractivity contribution in [2.45, 2.75) is 75.3 Å². The Balaban J connectivity index is 1.30. The summed E-state index contributed by atoms with van der Waals surface area (Å²) >= 11 is 8.21. The lowest BCUT2D eigenvalue weighted by molar-refractivity contribution is -0.138. The molecule has 0 saturated carbocycles. The Labute approximate surface area is 245 Å². The van der Waals surface area contributed by atoms with Crippen LogP contribution in [-0.2, 0) is 9.53 Å². The number of halogens is 1. The van der Waals surface area contributed by atoms with Crippen molar-refractivity contribution in [1.82, 2.24) is 20.3 Å². The van der Waals surface area contributed by atoms with Crippen molar-refractivity contribution < 1.29 is 19.4 Å². The number of hydrogen-bond acceptors (Lipinski definition) is 9. The molecule has 12 heteroatoms. The zero-order valence-electron chi connectivity index (χ0n) is 23.7. The normalized spacial score (nSPS) is 17.9. The number of pyridine rings is 1. The topological polar surface area (TPSA) is 121 Å². The van der Waals surface area contributed by atoms with E-state index in [2.05, 4.69) is 37.0 Å². The van der Waals surface area contributed by atoms with Crippen molar-refractivity contribution in [3.8, 4) is 0 Å². The molecule has 2 aliphatic rings. The van der Waals surface area contributed by atoms with Crippen LogP contribution < -0.4 is 15.1 Å². The van der Waals surface area contributed by atoms with E-state index in [1.54, 1.807) is 18.6 Å². The molecule has 0 atom stereocenters. The average molecular weight is 591 g/mol. The Hall–Kier alpha value is -2.79. The Morgan fingerprint density at radius 2 is 1.82 bits per heavy atom. The number of carbonyl (C=O) groups excluding carboxylic acids is 1. The summed E-state index contributed by atoms with van der Waals surface area (Å²) in [6, 6.07) is 1.88. The highest BCUT2D eigenvalue weighted by atomic mass is 35.5. The first-order valence-corrected chi connectivity index (χ1v) is 14.9. The van der Waals surface area contributed by atoms with Crippen LogP contribution in [0.25, 0.3) is 0 Å². The number of anilines is 2. The van der Waals surface area contributed by atoms with Crippen molar-refractivity contribution in [1.29, 1.82) is 0 Å². The maximum absolute atomic E-state index is 12.1. The van der Waals surface area contributed by atoms with Gasteiger partial charge in [0.1, 0.15) is 22.3 Å². The lowest BCUT2D eigenvalue weighted by atomic mass is 9.80. The summed E-state index contributed by atoms with van der Waals surface area (Å²) in [5.74, 6) is 1.01. The Morgan fingerprint density at radius 3 is 2.42 bits per heavy atom. The van der Waals surface area contributed by atoms with Crippen LogP contribution in [0.3, 0.4) is 0 Å². The molecule has 10 nitrogen and oxygen atoms in total. The van der Waals surface area contributed by atoms with Gasteiger partial charge in [0, 0.05) is 50.2 Å². The first-order valence-electron chi connectivity index (χ1n) is 13.7. The van der Waals surface area contributed by atoms with Gasteiger partial charge in [-0.1, -0.05) is 30.3 Å². The van der Waals surface area contributed by atoms with Gasteiger partial charge in [0.2, 0.25) is 0 Å². The molecular formula is C28H39ClN6O4S. The molecule has 0 aliphatic carbocycles. The fourth-order valence-corrected chi connectivity index (χ4v) is 6.09. The Morgan fingerprint density at radius 1 is 1.12 bits per heavy atom. The van der Waals surface area contributed by atoms with Crippen LogP contribution in [0.2, 0.25) is 5.02 Å². The number of carbonyl (C=O) groups is 2. The highest BCUT2D eigenvalue weighted by molar-refractivity contribution is 7.99. The number of ether oxygens (including phenoxy) is 1. The molecule has 0 bridgehead atoms. The van der Waals surface area contributed by atoms with Crippen molar-refractivity contribution in [2.24, 2.45) is 11.3 Å². The number of piperidine rings is 2. The number of aliphatic carboxylic acids is 1. The van der Waals surface area contributed by atoms with Crippen LogP contribution >= 0.6 is 23.4 Å². The van der Waals surface area contributed by atoms with Crippen molar-refractivity contribution in [3.05, 3.63) is 29.7 Å². The van der Waals surface area contributed by atoms with Gasteiger partial charge in [-0.05, 0) is 63.9 Å². The average Bonchev–Trinajstić information content (AvgIpc) is 2.89. The lowest BCUT2D eigenvalue weighted by Crippen LogP contribution is -2.45. The molecule has 4 rings (SSSR count). The van der Waals surface area contributed by atoms with Gasteiger partial charge in [-0.15, -0.1) is 0 Å². The second-order valence-corrected chi connectivity index (χ2v) is 13.4. The fraction of sp³-hybridized carbons (Fsp3) is 0.607. The van der Waals surface area contributed by atoms with Crippen LogP contribution in [0.1, 0.15) is 59.8 Å². The van der Waals surface area contributed by atoms with Crippen LogP contribution in [0.4, 0.5) is 16.4 Å². The Bertz CT molecular complexity index is 1180. The molecule has 2 aromatic heterocycles. The van der Waals surface area contributed by atoms with E-state index < -0.39 is 11.6 Å². The molecule has 2 aliphatic heterocycles. The van der Waals surface area contributed by atoms with Gasteiger partial charge in [-0.3, -0.25) is 4.79 Å². The standard InChI is InChI=1S/C28H39ClN6O4S/c1-27(2,3)39-26(38)33-18-28(4)8-13-34(14-9-28)21-16-32-22(17-31-21)40-20-5-10-30-25(24(20)29)35-11-6-19(7-12-35)15-23(36)37/h5,10,16-17,19H,6-9,11-15,18H2,1-4H3,(H,33,38)(H,36,37). The molecule has 0 spiro atoms. The molecule has 218 valence electrons. The van der Waals surface area contributed by atoms with Gasteiger partial charge >= 0.3 is 12.1 Å². The van der Waals surface area contributed by atoms with Crippen LogP contribution in [0.5, 0.6) is 0 Å². The Kier molecular flexibility index (Phi) is 9.66. The van der Waals surface area contributed by atoms with E-state index in [9.17, 15) is 9.59 Å². The van der Waals surface area contributed by atoms with E-state index in [0.29, 0.717) is 11.6 Å². The molecule has 2 aromatic rings. The zero-order chi connectivity index (χ0) is 28.9.